The summed E-state index contributed by atoms with van der Waals surface area (Å²) in [5.74, 6) is 1.79. The fraction of sp³-hybridized carbons (Fsp3) is 0. The van der Waals surface area contributed by atoms with E-state index in [9.17, 15) is 0 Å². The van der Waals surface area contributed by atoms with Crippen LogP contribution in [0.5, 0.6) is 0 Å². The quantitative estimate of drug-likeness (QED) is 0.160. The molecule has 0 saturated carbocycles. The highest BCUT2D eigenvalue weighted by molar-refractivity contribution is 6.24. The summed E-state index contributed by atoms with van der Waals surface area (Å²) < 4.78 is 9.46. The predicted molar refractivity (Wildman–Crippen MR) is 313 cm³/mol. The molecule has 0 bridgehead atoms. The van der Waals surface area contributed by atoms with Crippen molar-refractivity contribution in [2.24, 2.45) is 0 Å². The van der Waals surface area contributed by atoms with Crippen LogP contribution < -0.4 is 0 Å². The van der Waals surface area contributed by atoms with Crippen molar-refractivity contribution in [1.29, 1.82) is 0 Å². The molecule has 0 N–H and O–H groups in total. The van der Waals surface area contributed by atoms with Gasteiger partial charge in [-0.25, -0.2) is 4.98 Å². The van der Waals surface area contributed by atoms with Crippen LogP contribution in [-0.2, 0) is 0 Å². The van der Waals surface area contributed by atoms with Gasteiger partial charge in [0.05, 0.1) is 44.1 Å². The van der Waals surface area contributed by atoms with Crippen molar-refractivity contribution in [2.75, 3.05) is 0 Å². The van der Waals surface area contributed by atoms with E-state index in [1.807, 2.05) is 36.4 Å². The largest absolute Gasteiger partial charge is 0.309 e. The monoisotopic (exact) mass is 969 g/mol. The molecule has 0 aliphatic rings. The van der Waals surface area contributed by atoms with Gasteiger partial charge in [-0.15, -0.1) is 0 Å². The Labute approximate surface area is 436 Å². The van der Waals surface area contributed by atoms with Gasteiger partial charge in [-0.2, -0.15) is 9.97 Å². The zero-order valence-electron chi connectivity index (χ0n) is 41.0. The van der Waals surface area contributed by atoms with Crippen molar-refractivity contribution >= 4 is 87.2 Å². The second-order valence-corrected chi connectivity index (χ2v) is 19.6. The van der Waals surface area contributed by atoms with Crippen molar-refractivity contribution in [2.45, 2.75) is 0 Å². The second kappa shape index (κ2) is 16.6. The highest BCUT2D eigenvalue weighted by Gasteiger charge is 2.24. The van der Waals surface area contributed by atoms with Gasteiger partial charge in [0.15, 0.2) is 11.6 Å². The first-order valence-corrected chi connectivity index (χ1v) is 25.8. The molecule has 7 nitrogen and oxygen atoms in total. The molecule has 0 saturated heterocycles. The van der Waals surface area contributed by atoms with Gasteiger partial charge in [0, 0.05) is 71.3 Å². The van der Waals surface area contributed by atoms with Crippen LogP contribution in [0.1, 0.15) is 0 Å². The Morgan fingerprint density at radius 1 is 0.211 bits per heavy atom. The van der Waals surface area contributed by atoms with E-state index < -0.39 is 0 Å². The van der Waals surface area contributed by atoms with Gasteiger partial charge in [0.25, 0.3) is 0 Å². The average Bonchev–Trinajstić information content (AvgIpc) is 4.24. The maximum atomic E-state index is 5.31. The van der Waals surface area contributed by atoms with Gasteiger partial charge in [0.2, 0.25) is 5.95 Å². The minimum absolute atomic E-state index is 0.560. The van der Waals surface area contributed by atoms with E-state index in [-0.39, 0.29) is 0 Å². The molecule has 16 rings (SSSR count). The molecule has 11 aromatic carbocycles. The molecule has 16 aromatic rings. The van der Waals surface area contributed by atoms with Gasteiger partial charge in [0.1, 0.15) is 0 Å². The summed E-state index contributed by atoms with van der Waals surface area (Å²) in [6, 6.07) is 93.4. The molecule has 5 heterocycles. The van der Waals surface area contributed by atoms with Crippen molar-refractivity contribution in [1.82, 2.24) is 33.2 Å². The molecule has 7 heteroatoms. The number of fused-ring (bicyclic) bond motifs is 13. The van der Waals surface area contributed by atoms with E-state index in [1.54, 1.807) is 0 Å². The van der Waals surface area contributed by atoms with E-state index in [0.717, 1.165) is 77.4 Å². The molecular weight excluding hydrogens is 927 g/mol. The van der Waals surface area contributed by atoms with Crippen LogP contribution in [0.2, 0.25) is 0 Å². The zero-order valence-corrected chi connectivity index (χ0v) is 41.0. The Kier molecular flexibility index (Phi) is 9.20. The lowest BCUT2D eigenvalue weighted by molar-refractivity contribution is 0.953. The van der Waals surface area contributed by atoms with E-state index in [0.29, 0.717) is 17.6 Å². The maximum absolute atomic E-state index is 5.31. The summed E-state index contributed by atoms with van der Waals surface area (Å²) in [5.41, 5.74) is 16.5. The minimum Gasteiger partial charge on any atom is -0.309 e. The molecule has 0 amide bonds. The van der Waals surface area contributed by atoms with Crippen molar-refractivity contribution < 1.29 is 0 Å². The van der Waals surface area contributed by atoms with Crippen LogP contribution in [0, 0.1) is 0 Å². The van der Waals surface area contributed by atoms with Crippen LogP contribution in [0.3, 0.4) is 0 Å². The van der Waals surface area contributed by atoms with Crippen molar-refractivity contribution in [3.8, 4) is 56.9 Å². The molecular formula is C69H43N7. The molecule has 5 aromatic heterocycles. The van der Waals surface area contributed by atoms with Crippen molar-refractivity contribution in [3.63, 3.8) is 0 Å². The number of hydrogen-bond acceptors (Lipinski definition) is 3. The molecule has 0 fully saturated rings. The summed E-state index contributed by atoms with van der Waals surface area (Å²) in [4.78, 5) is 15.7. The fourth-order valence-corrected chi connectivity index (χ4v) is 12.1. The molecule has 354 valence electrons. The summed E-state index contributed by atoms with van der Waals surface area (Å²) in [6.45, 7) is 0. The summed E-state index contributed by atoms with van der Waals surface area (Å²) in [6.07, 6.45) is 0. The van der Waals surface area contributed by atoms with E-state index in [2.05, 4.69) is 243 Å². The lowest BCUT2D eigenvalue weighted by atomic mass is 10.0. The average molecular weight is 970 g/mol. The first kappa shape index (κ1) is 42.2. The Morgan fingerprint density at radius 2 is 0.553 bits per heavy atom. The Hall–Kier alpha value is -10.4. The number of benzene rings is 11. The summed E-state index contributed by atoms with van der Waals surface area (Å²) >= 11 is 0. The Bertz CT molecular complexity index is 4910. The number of aromatic nitrogens is 7. The molecule has 0 aliphatic heterocycles. The number of hydrogen-bond donors (Lipinski definition) is 0. The molecule has 76 heavy (non-hydrogen) atoms. The minimum atomic E-state index is 0.560. The van der Waals surface area contributed by atoms with E-state index in [1.165, 1.54) is 49.1 Å². The Balaban J connectivity index is 0.869. The van der Waals surface area contributed by atoms with Crippen LogP contribution in [0.4, 0.5) is 0 Å². The first-order chi connectivity index (χ1) is 37.7. The van der Waals surface area contributed by atoms with Gasteiger partial charge < -0.3 is 13.7 Å². The van der Waals surface area contributed by atoms with Crippen LogP contribution in [0.25, 0.3) is 144 Å². The van der Waals surface area contributed by atoms with E-state index in [4.69, 9.17) is 15.0 Å². The fourth-order valence-electron chi connectivity index (χ4n) is 12.1. The summed E-state index contributed by atoms with van der Waals surface area (Å²) in [5, 5.41) is 9.48. The number of rotatable bonds is 7. The van der Waals surface area contributed by atoms with Crippen LogP contribution in [0.15, 0.2) is 261 Å². The topological polar surface area (TPSA) is 58.4 Å². The number of para-hydroxylation sites is 5. The normalized spacial score (nSPS) is 11.9. The van der Waals surface area contributed by atoms with Crippen LogP contribution >= 0.6 is 0 Å². The molecule has 0 aliphatic carbocycles. The lowest BCUT2D eigenvalue weighted by Gasteiger charge is -2.14. The SMILES string of the molecule is c1ccc(-c2nc(-c3ccccc3)nc(-n3c4ccccc4c4ccc5c6ccccc6n(-c6ccc(-n7c8ccccc8c8cc(-c9ccc%10c(c9)c9ccccc9n%10-c9ccccc9)ccc87)cc6)c5c43)n2)cc1. The maximum Gasteiger partial charge on any atom is 0.238 e. The van der Waals surface area contributed by atoms with Gasteiger partial charge >= 0.3 is 0 Å². The Morgan fingerprint density at radius 3 is 1.03 bits per heavy atom. The molecule has 0 atom stereocenters. The van der Waals surface area contributed by atoms with Crippen molar-refractivity contribution in [3.05, 3.63) is 261 Å². The first-order valence-electron chi connectivity index (χ1n) is 25.8. The van der Waals surface area contributed by atoms with Crippen LogP contribution in [-0.4, -0.2) is 33.2 Å². The summed E-state index contributed by atoms with van der Waals surface area (Å²) in [7, 11) is 0. The third kappa shape index (κ3) is 6.33. The third-order valence-electron chi connectivity index (χ3n) is 15.4. The highest BCUT2D eigenvalue weighted by atomic mass is 15.2. The molecule has 0 spiro atoms. The highest BCUT2D eigenvalue weighted by Crippen LogP contribution is 2.43. The van der Waals surface area contributed by atoms with Gasteiger partial charge in [-0.05, 0) is 96.1 Å². The van der Waals surface area contributed by atoms with E-state index >= 15 is 0 Å². The third-order valence-corrected chi connectivity index (χ3v) is 15.4. The molecule has 0 radical (unpaired) electrons. The standard InChI is InChI=1S/C69H43N7/c1-4-18-44(19-5-1)67-70-68(45-20-6-2-7-21-45)72-69(71-67)76-62-31-17-11-25-52(62)56-39-38-55-51-24-10-16-30-61(51)75(65(55)66(56)76)50-36-34-49(35-37-50)74-60-29-15-13-27-54(60)58-43-47(33-41-64(58)74)46-32-40-63-57(42-46)53-26-12-14-28-59(53)73(63)48-22-8-3-9-23-48/h1-43H. The van der Waals surface area contributed by atoms with Gasteiger partial charge in [-0.1, -0.05) is 176 Å². The molecule has 0 unspecified atom stereocenters. The zero-order chi connectivity index (χ0) is 49.8. The second-order valence-electron chi connectivity index (χ2n) is 19.6. The predicted octanol–water partition coefficient (Wildman–Crippen LogP) is 17.3. The smallest absolute Gasteiger partial charge is 0.238 e. The number of nitrogens with zero attached hydrogens (tertiary/aromatic N) is 7. The lowest BCUT2D eigenvalue weighted by Crippen LogP contribution is -2.07. The van der Waals surface area contributed by atoms with Gasteiger partial charge in [-0.3, -0.25) is 4.57 Å².